The van der Waals surface area contributed by atoms with E-state index in [1.165, 1.54) is 10.0 Å². The van der Waals surface area contributed by atoms with Crippen molar-refractivity contribution in [3.8, 4) is 16.9 Å². The maximum atomic E-state index is 12.8. The van der Waals surface area contributed by atoms with Crippen LogP contribution in [0.3, 0.4) is 0 Å². The molecular weight excluding hydrogens is 408 g/mol. The van der Waals surface area contributed by atoms with E-state index in [-0.39, 0.29) is 18.5 Å². The maximum Gasteiger partial charge on any atom is 0.261 e. The van der Waals surface area contributed by atoms with Crippen molar-refractivity contribution in [2.45, 2.75) is 18.2 Å². The highest BCUT2D eigenvalue weighted by atomic mass is 32.2. The number of carbonyl (C=O) groups excluding carboxylic acids is 1. The zero-order chi connectivity index (χ0) is 21.9. The summed E-state index contributed by atoms with van der Waals surface area (Å²) in [5, 5.41) is 8.56. The lowest BCUT2D eigenvalue weighted by Crippen LogP contribution is -2.39. The third-order valence-corrected chi connectivity index (χ3v) is 6.44. The first-order valence-corrected chi connectivity index (χ1v) is 11.1. The van der Waals surface area contributed by atoms with Crippen LogP contribution in [-0.2, 0) is 21.2 Å². The number of aryl methyl sites for hydroxylation is 1. The number of methoxy groups -OCH3 is 1. The van der Waals surface area contributed by atoms with E-state index in [1.807, 2.05) is 36.4 Å². The van der Waals surface area contributed by atoms with Crippen LogP contribution >= 0.6 is 0 Å². The number of aromatic nitrogens is 1. The smallest absolute Gasteiger partial charge is 0.261 e. The second-order valence-electron chi connectivity index (χ2n) is 6.93. The van der Waals surface area contributed by atoms with Crippen molar-refractivity contribution in [1.29, 1.82) is 0 Å². The van der Waals surface area contributed by atoms with E-state index in [2.05, 4.69) is 0 Å². The summed E-state index contributed by atoms with van der Waals surface area (Å²) in [5.74, 6) is -0.264. The summed E-state index contributed by atoms with van der Waals surface area (Å²) in [6, 6.07) is 14.8. The second-order valence-corrected chi connectivity index (χ2v) is 9.16. The summed E-state index contributed by atoms with van der Waals surface area (Å²) in [6.45, 7) is 0.0140. The molecule has 0 bridgehead atoms. The third-order valence-electron chi connectivity index (χ3n) is 4.95. The van der Waals surface area contributed by atoms with Gasteiger partial charge in [-0.05, 0) is 53.3 Å². The Morgan fingerprint density at radius 1 is 1.13 bits per heavy atom. The van der Waals surface area contributed by atoms with Gasteiger partial charge in [-0.1, -0.05) is 18.2 Å². The lowest BCUT2D eigenvalue weighted by molar-refractivity contribution is -0.128. The number of hydroxylamine groups is 1. The Bertz CT molecular complexity index is 1230. The van der Waals surface area contributed by atoms with Gasteiger partial charge in [-0.15, -0.1) is 0 Å². The van der Waals surface area contributed by atoms with E-state index in [9.17, 15) is 18.0 Å². The molecule has 1 heterocycles. The molecule has 0 aliphatic heterocycles. The number of rotatable bonds is 7. The normalized spacial score (nSPS) is 12.5. The Morgan fingerprint density at radius 2 is 1.80 bits per heavy atom. The van der Waals surface area contributed by atoms with Crippen LogP contribution in [0.4, 0.5) is 0 Å². The minimum atomic E-state index is -3.74. The Kier molecular flexibility index (Phi) is 6.23. The van der Waals surface area contributed by atoms with E-state index < -0.39 is 21.0 Å². The van der Waals surface area contributed by atoms with Gasteiger partial charge in [0.25, 0.3) is 11.5 Å². The van der Waals surface area contributed by atoms with Crippen molar-refractivity contribution in [2.24, 2.45) is 0 Å². The molecule has 1 amide bonds. The predicted octanol–water partition coefficient (Wildman–Crippen LogP) is 1.99. The van der Waals surface area contributed by atoms with Crippen molar-refractivity contribution in [3.63, 3.8) is 0 Å². The van der Waals surface area contributed by atoms with Gasteiger partial charge in [-0.2, -0.15) is 0 Å². The van der Waals surface area contributed by atoms with Crippen LogP contribution in [0.15, 0.2) is 59.5 Å². The number of fused-ring (bicyclic) bond motifs is 1. The molecule has 0 aliphatic rings. The first kappa shape index (κ1) is 21.5. The maximum absolute atomic E-state index is 12.8. The second kappa shape index (κ2) is 8.68. The highest BCUT2D eigenvalue weighted by molar-refractivity contribution is 7.92. The van der Waals surface area contributed by atoms with Crippen molar-refractivity contribution >= 4 is 26.5 Å². The van der Waals surface area contributed by atoms with E-state index >= 15 is 0 Å². The van der Waals surface area contributed by atoms with Crippen molar-refractivity contribution in [3.05, 3.63) is 65.1 Å². The van der Waals surface area contributed by atoms with E-state index in [1.54, 1.807) is 25.4 Å². The molecule has 2 aromatic carbocycles. The molecule has 1 aromatic heterocycles. The fraction of sp³-hybridized carbons (Fsp3) is 0.238. The number of nitrogens with one attached hydrogen (secondary N) is 1. The van der Waals surface area contributed by atoms with Crippen LogP contribution in [0.5, 0.6) is 5.75 Å². The number of amides is 1. The molecule has 3 aromatic rings. The molecule has 2 N–H and O–H groups in total. The minimum absolute atomic E-state index is 0.0140. The Morgan fingerprint density at radius 3 is 2.40 bits per heavy atom. The van der Waals surface area contributed by atoms with Crippen LogP contribution in [-0.4, -0.2) is 42.7 Å². The summed E-state index contributed by atoms with van der Waals surface area (Å²) in [6.07, 6.45) is 2.34. The van der Waals surface area contributed by atoms with E-state index in [0.29, 0.717) is 5.39 Å². The number of benzene rings is 2. The van der Waals surface area contributed by atoms with Crippen molar-refractivity contribution < 1.29 is 23.2 Å². The van der Waals surface area contributed by atoms with Crippen LogP contribution in [0.25, 0.3) is 21.9 Å². The number of pyridine rings is 1. The number of ether oxygens (including phenoxy) is 1. The van der Waals surface area contributed by atoms with E-state index in [0.717, 1.165) is 28.5 Å². The average Bonchev–Trinajstić information content (AvgIpc) is 2.74. The topological polar surface area (TPSA) is 115 Å². The fourth-order valence-electron chi connectivity index (χ4n) is 3.30. The first-order valence-electron chi connectivity index (χ1n) is 9.15. The molecule has 0 radical (unpaired) electrons. The molecule has 9 heteroatoms. The van der Waals surface area contributed by atoms with Crippen LogP contribution in [0, 0.1) is 0 Å². The summed E-state index contributed by atoms with van der Waals surface area (Å²) in [7, 11) is -2.14. The number of sulfone groups is 1. The van der Waals surface area contributed by atoms with Gasteiger partial charge in [-0.25, -0.2) is 13.9 Å². The van der Waals surface area contributed by atoms with E-state index in [4.69, 9.17) is 9.94 Å². The van der Waals surface area contributed by atoms with Gasteiger partial charge in [0.2, 0.25) is 0 Å². The standard InChI is InChI=1S/C21H22N2O6S/c1-29-17-6-3-14(4-7-17)15-5-8-18-16(13-15)9-11-23(21(18)25)12-10-19(20(24)22-26)30(2,27)28/h3-9,11,13,19,26H,10,12H2,1-2H3,(H,22,24). The summed E-state index contributed by atoms with van der Waals surface area (Å²) in [5.41, 5.74) is 3.00. The largest absolute Gasteiger partial charge is 0.497 e. The molecule has 0 fully saturated rings. The van der Waals surface area contributed by atoms with Gasteiger partial charge >= 0.3 is 0 Å². The molecule has 1 atom stereocenters. The monoisotopic (exact) mass is 430 g/mol. The first-order chi connectivity index (χ1) is 14.2. The van der Waals surface area contributed by atoms with Gasteiger partial charge < -0.3 is 9.30 Å². The highest BCUT2D eigenvalue weighted by Crippen LogP contribution is 2.25. The summed E-state index contributed by atoms with van der Waals surface area (Å²) in [4.78, 5) is 24.5. The van der Waals surface area contributed by atoms with Gasteiger partial charge in [0.05, 0.1) is 7.11 Å². The Balaban J connectivity index is 1.89. The Hall–Kier alpha value is -3.17. The minimum Gasteiger partial charge on any atom is -0.497 e. The lowest BCUT2D eigenvalue weighted by atomic mass is 10.0. The lowest BCUT2D eigenvalue weighted by Gasteiger charge is -2.14. The summed E-state index contributed by atoms with van der Waals surface area (Å²) >= 11 is 0. The average molecular weight is 430 g/mol. The molecule has 30 heavy (non-hydrogen) atoms. The molecule has 3 rings (SSSR count). The highest BCUT2D eigenvalue weighted by Gasteiger charge is 2.28. The number of hydrogen-bond donors (Lipinski definition) is 2. The quantitative estimate of drug-likeness (QED) is 0.438. The summed E-state index contributed by atoms with van der Waals surface area (Å²) < 4.78 is 30.1. The molecular formula is C21H22N2O6S. The SMILES string of the molecule is COc1ccc(-c2ccc3c(=O)n(CCC(C(=O)NO)S(C)(=O)=O)ccc3c2)cc1. The van der Waals surface area contributed by atoms with Gasteiger partial charge in [0.1, 0.15) is 11.0 Å². The molecule has 158 valence electrons. The molecule has 8 nitrogen and oxygen atoms in total. The van der Waals surface area contributed by atoms with Crippen molar-refractivity contribution in [1.82, 2.24) is 10.0 Å². The van der Waals surface area contributed by atoms with Crippen LogP contribution < -0.4 is 15.8 Å². The third kappa shape index (κ3) is 4.52. The molecule has 1 unspecified atom stereocenters. The predicted molar refractivity (Wildman–Crippen MR) is 113 cm³/mol. The molecule has 0 saturated carbocycles. The van der Waals surface area contributed by atoms with Crippen molar-refractivity contribution in [2.75, 3.05) is 13.4 Å². The zero-order valence-corrected chi connectivity index (χ0v) is 17.3. The zero-order valence-electron chi connectivity index (χ0n) is 16.5. The number of nitrogens with zero attached hydrogens (tertiary/aromatic N) is 1. The molecule has 0 saturated heterocycles. The Labute approximate surface area is 173 Å². The number of hydrogen-bond acceptors (Lipinski definition) is 6. The van der Waals surface area contributed by atoms with Gasteiger partial charge in [0, 0.05) is 24.4 Å². The number of carbonyl (C=O) groups is 1. The molecule has 0 spiro atoms. The fourth-order valence-corrected chi connectivity index (χ4v) is 4.27. The van der Waals surface area contributed by atoms with Gasteiger partial charge in [-0.3, -0.25) is 14.8 Å². The van der Waals surface area contributed by atoms with Gasteiger partial charge in [0.15, 0.2) is 9.84 Å². The van der Waals surface area contributed by atoms with Crippen LogP contribution in [0.1, 0.15) is 6.42 Å². The van der Waals surface area contributed by atoms with Crippen LogP contribution in [0.2, 0.25) is 0 Å². The molecule has 0 aliphatic carbocycles.